The molecule has 1 aliphatic rings. The predicted octanol–water partition coefficient (Wildman–Crippen LogP) is 4.23. The first-order chi connectivity index (χ1) is 15.1. The highest BCUT2D eigenvalue weighted by molar-refractivity contribution is 6.06. The van der Waals surface area contributed by atoms with Gasteiger partial charge in [-0.1, -0.05) is 48.5 Å². The van der Waals surface area contributed by atoms with E-state index in [4.69, 9.17) is 4.74 Å². The monoisotopic (exact) mass is 412 g/mol. The van der Waals surface area contributed by atoms with Crippen molar-refractivity contribution in [2.45, 2.75) is 12.5 Å². The van der Waals surface area contributed by atoms with Gasteiger partial charge in [-0.2, -0.15) is 5.10 Å². The summed E-state index contributed by atoms with van der Waals surface area (Å²) in [4.78, 5) is 25.4. The number of hydrogen-bond acceptors (Lipinski definition) is 4. The largest absolute Gasteiger partial charge is 0.497 e. The number of ether oxygens (including phenoxy) is 1. The lowest BCUT2D eigenvalue weighted by atomic mass is 10.1. The molecule has 1 aliphatic heterocycles. The van der Waals surface area contributed by atoms with Crippen molar-refractivity contribution in [3.63, 3.8) is 0 Å². The minimum absolute atomic E-state index is 0.00815. The highest BCUT2D eigenvalue weighted by atomic mass is 16.5. The number of hydrogen-bond donors (Lipinski definition) is 2. The zero-order valence-corrected chi connectivity index (χ0v) is 16.8. The van der Waals surface area contributed by atoms with Crippen molar-refractivity contribution in [2.75, 3.05) is 17.7 Å². The van der Waals surface area contributed by atoms with E-state index in [2.05, 4.69) is 15.7 Å². The molecule has 1 atom stereocenters. The van der Waals surface area contributed by atoms with Crippen molar-refractivity contribution in [1.29, 1.82) is 0 Å². The third-order valence-corrected chi connectivity index (χ3v) is 5.48. The third-order valence-electron chi connectivity index (χ3n) is 5.48. The first-order valence-corrected chi connectivity index (χ1v) is 9.94. The molecular weight excluding hydrogens is 392 g/mol. The Kier molecular flexibility index (Phi) is 4.63. The molecule has 2 N–H and O–H groups in total. The third kappa shape index (κ3) is 3.40. The molecule has 5 rings (SSSR count). The minimum Gasteiger partial charge on any atom is -0.497 e. The molecule has 3 aromatic carbocycles. The first kappa shape index (κ1) is 18.9. The van der Waals surface area contributed by atoms with Crippen LogP contribution in [-0.4, -0.2) is 28.7 Å². The number of methoxy groups -OCH3 is 1. The van der Waals surface area contributed by atoms with Gasteiger partial charge in [0.05, 0.1) is 19.7 Å². The van der Waals surface area contributed by atoms with Crippen molar-refractivity contribution in [1.82, 2.24) is 9.78 Å². The van der Waals surface area contributed by atoms with E-state index in [1.54, 1.807) is 18.0 Å². The molecule has 2 amide bonds. The molecule has 7 heteroatoms. The summed E-state index contributed by atoms with van der Waals surface area (Å²) in [5.41, 5.74) is 2.43. The molecule has 1 aromatic heterocycles. The molecule has 1 unspecified atom stereocenters. The summed E-state index contributed by atoms with van der Waals surface area (Å²) in [6, 6.07) is 20.4. The number of nitrogens with one attached hydrogen (secondary N) is 2. The zero-order chi connectivity index (χ0) is 21.4. The van der Waals surface area contributed by atoms with E-state index in [0.717, 1.165) is 33.3 Å². The van der Waals surface area contributed by atoms with Gasteiger partial charge in [0.2, 0.25) is 5.91 Å². The Labute approximate surface area is 178 Å². The average molecular weight is 412 g/mol. The summed E-state index contributed by atoms with van der Waals surface area (Å²) >= 11 is 0. The lowest BCUT2D eigenvalue weighted by molar-refractivity contribution is -0.123. The fourth-order valence-electron chi connectivity index (χ4n) is 3.91. The van der Waals surface area contributed by atoms with Gasteiger partial charge < -0.3 is 15.4 Å². The quantitative estimate of drug-likeness (QED) is 0.514. The summed E-state index contributed by atoms with van der Waals surface area (Å²) in [5, 5.41) is 12.2. The van der Waals surface area contributed by atoms with Crippen LogP contribution in [-0.2, 0) is 9.59 Å². The van der Waals surface area contributed by atoms with Crippen LogP contribution in [0, 0.1) is 0 Å². The highest BCUT2D eigenvalue weighted by Gasteiger charge is 2.35. The summed E-state index contributed by atoms with van der Waals surface area (Å²) < 4.78 is 6.79. The standard InChI is InChI=1S/C24H20N4O3/c1-31-17-11-9-16(10-12-17)19-14-25-28-21(24(30)27-23(19)28)13-22(29)26-20-8-4-6-15-5-2-3-7-18(15)20/h2-12,14,21H,13H2,1H3,(H,26,29)(H,27,30). The van der Waals surface area contributed by atoms with Crippen LogP contribution in [0.3, 0.4) is 0 Å². The molecule has 0 spiro atoms. The van der Waals surface area contributed by atoms with E-state index in [1.165, 1.54) is 0 Å². The average Bonchev–Trinajstić information content (AvgIpc) is 3.33. The molecule has 31 heavy (non-hydrogen) atoms. The van der Waals surface area contributed by atoms with E-state index in [0.29, 0.717) is 5.82 Å². The normalized spacial score (nSPS) is 14.9. The van der Waals surface area contributed by atoms with Gasteiger partial charge in [-0.25, -0.2) is 4.68 Å². The second-order valence-corrected chi connectivity index (χ2v) is 7.36. The molecule has 154 valence electrons. The summed E-state index contributed by atoms with van der Waals surface area (Å²) in [6.45, 7) is 0. The van der Waals surface area contributed by atoms with Gasteiger partial charge in [-0.15, -0.1) is 0 Å². The van der Waals surface area contributed by atoms with Gasteiger partial charge in [0.1, 0.15) is 17.6 Å². The first-order valence-electron chi connectivity index (χ1n) is 9.94. The molecule has 0 bridgehead atoms. The van der Waals surface area contributed by atoms with E-state index in [9.17, 15) is 9.59 Å². The molecular formula is C24H20N4O3. The minimum atomic E-state index is -0.697. The summed E-state index contributed by atoms with van der Waals surface area (Å²) in [5.74, 6) is 0.856. The van der Waals surface area contributed by atoms with Crippen molar-refractivity contribution in [3.8, 4) is 16.9 Å². The number of fused-ring (bicyclic) bond motifs is 2. The second kappa shape index (κ2) is 7.60. The molecule has 0 saturated carbocycles. The molecule has 0 aliphatic carbocycles. The van der Waals surface area contributed by atoms with Gasteiger partial charge in [0.15, 0.2) is 0 Å². The maximum Gasteiger partial charge on any atom is 0.251 e. The van der Waals surface area contributed by atoms with Crippen LogP contribution in [0.4, 0.5) is 11.5 Å². The fourth-order valence-corrected chi connectivity index (χ4v) is 3.91. The molecule has 0 radical (unpaired) electrons. The SMILES string of the molecule is COc1ccc(-c2cnn3c2NC(=O)C3CC(=O)Nc2cccc3ccccc23)cc1. The van der Waals surface area contributed by atoms with E-state index in [1.807, 2.05) is 66.7 Å². The molecule has 4 aromatic rings. The Bertz CT molecular complexity index is 1290. The Hall–Kier alpha value is -4.13. The van der Waals surface area contributed by atoms with Gasteiger partial charge in [-0.05, 0) is 29.1 Å². The second-order valence-electron chi connectivity index (χ2n) is 7.36. The number of carbonyl (C=O) groups excluding carboxylic acids is 2. The molecule has 2 heterocycles. The molecule has 0 fully saturated rings. The van der Waals surface area contributed by atoms with Gasteiger partial charge >= 0.3 is 0 Å². The number of carbonyl (C=O) groups is 2. The fraction of sp³-hybridized carbons (Fsp3) is 0.125. The Morgan fingerprint density at radius 2 is 1.87 bits per heavy atom. The van der Waals surface area contributed by atoms with Crippen LogP contribution in [0.1, 0.15) is 12.5 Å². The van der Waals surface area contributed by atoms with Crippen LogP contribution in [0.25, 0.3) is 21.9 Å². The smallest absolute Gasteiger partial charge is 0.251 e. The van der Waals surface area contributed by atoms with Crippen LogP contribution in [0.2, 0.25) is 0 Å². The van der Waals surface area contributed by atoms with Crippen molar-refractivity contribution in [2.24, 2.45) is 0 Å². The number of benzene rings is 3. The number of rotatable bonds is 5. The van der Waals surface area contributed by atoms with E-state index >= 15 is 0 Å². The van der Waals surface area contributed by atoms with Crippen LogP contribution < -0.4 is 15.4 Å². The Morgan fingerprint density at radius 1 is 1.10 bits per heavy atom. The number of amides is 2. The zero-order valence-electron chi connectivity index (χ0n) is 16.8. The van der Waals surface area contributed by atoms with Gasteiger partial charge in [0, 0.05) is 16.6 Å². The van der Waals surface area contributed by atoms with E-state index in [-0.39, 0.29) is 18.2 Å². The lowest BCUT2D eigenvalue weighted by Gasteiger charge is -2.11. The predicted molar refractivity (Wildman–Crippen MR) is 119 cm³/mol. The summed E-state index contributed by atoms with van der Waals surface area (Å²) in [6.07, 6.45) is 1.69. The van der Waals surface area contributed by atoms with Crippen LogP contribution in [0.15, 0.2) is 72.9 Å². The van der Waals surface area contributed by atoms with Crippen molar-refractivity contribution in [3.05, 3.63) is 72.9 Å². The molecule has 0 saturated heterocycles. The maximum absolute atomic E-state index is 12.8. The Morgan fingerprint density at radius 3 is 2.68 bits per heavy atom. The van der Waals surface area contributed by atoms with Crippen molar-refractivity contribution < 1.29 is 14.3 Å². The lowest BCUT2D eigenvalue weighted by Crippen LogP contribution is -2.23. The number of aromatic nitrogens is 2. The topological polar surface area (TPSA) is 85.2 Å². The Balaban J connectivity index is 1.37. The maximum atomic E-state index is 12.8. The molecule has 7 nitrogen and oxygen atoms in total. The highest BCUT2D eigenvalue weighted by Crippen LogP contribution is 2.36. The number of anilines is 2. The summed E-state index contributed by atoms with van der Waals surface area (Å²) in [7, 11) is 1.61. The van der Waals surface area contributed by atoms with Crippen molar-refractivity contribution >= 4 is 34.1 Å². The van der Waals surface area contributed by atoms with Gasteiger partial charge in [-0.3, -0.25) is 9.59 Å². The van der Waals surface area contributed by atoms with E-state index < -0.39 is 6.04 Å². The number of nitrogens with zero attached hydrogens (tertiary/aromatic N) is 2. The van der Waals surface area contributed by atoms with Crippen LogP contribution >= 0.6 is 0 Å². The van der Waals surface area contributed by atoms with Crippen LogP contribution in [0.5, 0.6) is 5.75 Å². The van der Waals surface area contributed by atoms with Gasteiger partial charge in [0.25, 0.3) is 5.91 Å².